The molecule has 0 fully saturated rings. The van der Waals surface area contributed by atoms with Crippen LogP contribution >= 0.6 is 0 Å². The summed E-state index contributed by atoms with van der Waals surface area (Å²) in [6.07, 6.45) is 4.96. The van der Waals surface area contributed by atoms with Crippen molar-refractivity contribution in [3.05, 3.63) is 47.8 Å². The number of nitrogens with one attached hydrogen (secondary N) is 1. The van der Waals surface area contributed by atoms with Gasteiger partial charge >= 0.3 is 0 Å². The van der Waals surface area contributed by atoms with Crippen LogP contribution in [0.15, 0.2) is 36.7 Å². The zero-order chi connectivity index (χ0) is 14.8. The molecule has 0 aliphatic heterocycles. The Morgan fingerprint density at radius 3 is 2.86 bits per heavy atom. The van der Waals surface area contributed by atoms with Crippen molar-refractivity contribution in [3.63, 3.8) is 0 Å². The molecule has 0 atom stereocenters. The molecule has 0 aliphatic carbocycles. The highest BCUT2D eigenvalue weighted by molar-refractivity contribution is 5.93. The molecule has 6 nitrogen and oxygen atoms in total. The Bertz CT molecular complexity index is 929. The fourth-order valence-corrected chi connectivity index (χ4v) is 2.11. The topological polar surface area (TPSA) is 107 Å². The molecular weight excluding hydrogens is 264 g/mol. The lowest BCUT2D eigenvalue weighted by atomic mass is 10.1. The zero-order valence-electron chi connectivity index (χ0n) is 10.9. The van der Waals surface area contributed by atoms with E-state index in [2.05, 4.69) is 16.2 Å². The van der Waals surface area contributed by atoms with Crippen molar-refractivity contribution in [1.29, 1.82) is 10.5 Å². The Balaban J connectivity index is 2.11. The molecule has 0 amide bonds. The van der Waals surface area contributed by atoms with Gasteiger partial charge in [-0.25, -0.2) is 4.68 Å². The Morgan fingerprint density at radius 2 is 2.14 bits per heavy atom. The van der Waals surface area contributed by atoms with Gasteiger partial charge in [-0.3, -0.25) is 0 Å². The second-order valence-corrected chi connectivity index (χ2v) is 4.42. The van der Waals surface area contributed by atoms with E-state index in [-0.39, 0.29) is 17.1 Å². The highest BCUT2D eigenvalue weighted by atomic mass is 15.3. The number of nitrogens with two attached hydrogens (primary N) is 1. The number of hydrogen-bond acceptors (Lipinski definition) is 4. The number of nitrogens with zero attached hydrogens (tertiary/aromatic N) is 4. The average Bonchev–Trinajstić information content (AvgIpc) is 3.08. The molecule has 2 heterocycles. The lowest BCUT2D eigenvalue weighted by Gasteiger charge is -1.97. The second-order valence-electron chi connectivity index (χ2n) is 4.42. The maximum Gasteiger partial charge on any atom is 0.163 e. The van der Waals surface area contributed by atoms with E-state index in [9.17, 15) is 5.26 Å². The van der Waals surface area contributed by atoms with Crippen molar-refractivity contribution in [2.75, 3.05) is 5.73 Å². The zero-order valence-corrected chi connectivity index (χ0v) is 10.9. The van der Waals surface area contributed by atoms with E-state index in [1.807, 2.05) is 36.5 Å². The number of hydrogen-bond donors (Lipinski definition) is 2. The fourth-order valence-electron chi connectivity index (χ4n) is 2.11. The first-order valence-electron chi connectivity index (χ1n) is 6.16. The van der Waals surface area contributed by atoms with E-state index in [1.54, 1.807) is 6.08 Å². The third-order valence-corrected chi connectivity index (χ3v) is 3.14. The molecule has 0 unspecified atom stereocenters. The molecule has 0 radical (unpaired) electrons. The van der Waals surface area contributed by atoms with Gasteiger partial charge in [-0.15, -0.1) is 5.10 Å². The van der Waals surface area contributed by atoms with E-state index >= 15 is 0 Å². The number of fused-ring (bicyclic) bond motifs is 1. The van der Waals surface area contributed by atoms with Gasteiger partial charge in [0.05, 0.1) is 6.20 Å². The largest absolute Gasteiger partial charge is 0.381 e. The molecule has 0 spiro atoms. The van der Waals surface area contributed by atoms with Gasteiger partial charge in [0.25, 0.3) is 0 Å². The van der Waals surface area contributed by atoms with Gasteiger partial charge in [-0.2, -0.15) is 10.5 Å². The van der Waals surface area contributed by atoms with Crippen LogP contribution in [0.3, 0.4) is 0 Å². The first kappa shape index (κ1) is 12.5. The van der Waals surface area contributed by atoms with Gasteiger partial charge in [0.15, 0.2) is 5.82 Å². The highest BCUT2D eigenvalue weighted by Crippen LogP contribution is 2.22. The minimum Gasteiger partial charge on any atom is -0.381 e. The van der Waals surface area contributed by atoms with Crippen molar-refractivity contribution in [2.24, 2.45) is 0 Å². The lowest BCUT2D eigenvalue weighted by molar-refractivity contribution is 0.921. The number of allylic oxidation sites excluding steroid dienone is 1. The summed E-state index contributed by atoms with van der Waals surface area (Å²) < 4.78 is 1.32. The van der Waals surface area contributed by atoms with Gasteiger partial charge in [0, 0.05) is 22.7 Å². The third-order valence-electron chi connectivity index (χ3n) is 3.14. The fraction of sp³-hybridized carbons (Fsp3) is 0. The molecule has 21 heavy (non-hydrogen) atoms. The number of anilines is 1. The predicted molar refractivity (Wildman–Crippen MR) is 79.4 cm³/mol. The summed E-state index contributed by atoms with van der Waals surface area (Å²) in [4.78, 5) is 3.14. The predicted octanol–water partition coefficient (Wildman–Crippen LogP) is 2.34. The monoisotopic (exact) mass is 274 g/mol. The molecule has 3 N–H and O–H groups in total. The molecule has 3 aromatic rings. The van der Waals surface area contributed by atoms with Crippen LogP contribution in [0, 0.1) is 22.7 Å². The number of benzene rings is 1. The summed E-state index contributed by atoms with van der Waals surface area (Å²) >= 11 is 0. The number of para-hydroxylation sites is 1. The molecule has 0 saturated carbocycles. The summed E-state index contributed by atoms with van der Waals surface area (Å²) in [6.45, 7) is 0. The van der Waals surface area contributed by atoms with Crippen LogP contribution in [-0.4, -0.2) is 14.8 Å². The van der Waals surface area contributed by atoms with E-state index in [0.717, 1.165) is 16.5 Å². The second kappa shape index (κ2) is 4.87. The smallest absolute Gasteiger partial charge is 0.163 e. The molecule has 3 rings (SSSR count). The van der Waals surface area contributed by atoms with Gasteiger partial charge in [-0.1, -0.05) is 18.2 Å². The number of rotatable bonds is 2. The Labute approximate surface area is 120 Å². The van der Waals surface area contributed by atoms with Crippen LogP contribution in [0.5, 0.6) is 0 Å². The van der Waals surface area contributed by atoms with Crippen molar-refractivity contribution < 1.29 is 0 Å². The molecule has 0 aliphatic rings. The summed E-state index contributed by atoms with van der Waals surface area (Å²) in [5, 5.41) is 23.2. The summed E-state index contributed by atoms with van der Waals surface area (Å²) in [7, 11) is 0. The number of aromatic amines is 1. The lowest BCUT2D eigenvalue weighted by Crippen LogP contribution is -1.97. The van der Waals surface area contributed by atoms with Crippen LogP contribution in [0.4, 0.5) is 5.82 Å². The van der Waals surface area contributed by atoms with Crippen molar-refractivity contribution in [1.82, 2.24) is 14.8 Å². The van der Waals surface area contributed by atoms with E-state index < -0.39 is 0 Å². The maximum absolute atomic E-state index is 9.31. The number of nitrogen functional groups attached to an aromatic ring is 1. The first-order chi connectivity index (χ1) is 10.2. The molecule has 100 valence electrons. The van der Waals surface area contributed by atoms with Gasteiger partial charge in [0.2, 0.25) is 0 Å². The molecule has 2 aromatic heterocycles. The minimum atomic E-state index is 0.109. The average molecular weight is 274 g/mol. The maximum atomic E-state index is 9.31. The molecular formula is C15H10N6. The van der Waals surface area contributed by atoms with Gasteiger partial charge in [-0.05, 0) is 12.1 Å². The normalized spacial score (nSPS) is 11.2. The van der Waals surface area contributed by atoms with Crippen LogP contribution in [0.1, 0.15) is 11.1 Å². The van der Waals surface area contributed by atoms with Crippen LogP contribution in [0.2, 0.25) is 0 Å². The number of H-pyrrole nitrogens is 1. The van der Waals surface area contributed by atoms with E-state index in [0.29, 0.717) is 0 Å². The molecule has 1 aromatic carbocycles. The summed E-state index contributed by atoms with van der Waals surface area (Å²) in [5.74, 6) is 0.109. The number of aromatic nitrogens is 3. The van der Waals surface area contributed by atoms with Crippen molar-refractivity contribution in [3.8, 4) is 12.1 Å². The van der Waals surface area contributed by atoms with Crippen molar-refractivity contribution >= 4 is 28.5 Å². The van der Waals surface area contributed by atoms with Gasteiger partial charge < -0.3 is 10.7 Å². The SMILES string of the molecule is N#CC(=Cc1c[nH]c2ccccc12)n1cc(C#N)c(N)n1. The first-order valence-corrected chi connectivity index (χ1v) is 6.16. The van der Waals surface area contributed by atoms with E-state index in [4.69, 9.17) is 11.0 Å². The van der Waals surface area contributed by atoms with Crippen LogP contribution < -0.4 is 5.73 Å². The Hall–Kier alpha value is -3.51. The van der Waals surface area contributed by atoms with Crippen molar-refractivity contribution in [2.45, 2.75) is 0 Å². The van der Waals surface area contributed by atoms with E-state index in [1.165, 1.54) is 10.9 Å². The number of nitriles is 2. The highest BCUT2D eigenvalue weighted by Gasteiger charge is 2.09. The summed E-state index contributed by atoms with van der Waals surface area (Å²) in [5.41, 5.74) is 8.00. The van der Waals surface area contributed by atoms with Gasteiger partial charge in [0.1, 0.15) is 23.4 Å². The Kier molecular flexibility index (Phi) is 2.91. The van der Waals surface area contributed by atoms with Crippen LogP contribution in [0.25, 0.3) is 22.7 Å². The third kappa shape index (κ3) is 2.11. The summed E-state index contributed by atoms with van der Waals surface area (Å²) in [6, 6.07) is 11.8. The quantitative estimate of drug-likeness (QED) is 0.699. The minimum absolute atomic E-state index is 0.109. The van der Waals surface area contributed by atoms with Crippen LogP contribution in [-0.2, 0) is 0 Å². The Morgan fingerprint density at radius 1 is 1.33 bits per heavy atom. The molecule has 0 bridgehead atoms. The molecule has 0 saturated heterocycles. The molecule has 6 heteroatoms. The standard InChI is InChI=1S/C15H10N6/c16-6-11-9-21(20-15(11)18)12(7-17)5-10-8-19-14-4-2-1-3-13(10)14/h1-5,8-9,19H,(H2,18,20).